The molecule has 0 amide bonds. The van der Waals surface area contributed by atoms with E-state index in [9.17, 15) is 13.5 Å². The van der Waals surface area contributed by atoms with E-state index in [0.717, 1.165) is 24.3 Å². The SMILES string of the molecule is CCC1CCC(C(O)c2cccc(S(C)(=O)=O)c2)CC1. The molecule has 1 atom stereocenters. The van der Waals surface area contributed by atoms with Crippen LogP contribution in [0.25, 0.3) is 0 Å². The highest BCUT2D eigenvalue weighted by atomic mass is 32.2. The third-order valence-electron chi connectivity index (χ3n) is 4.54. The quantitative estimate of drug-likeness (QED) is 0.927. The zero-order valence-electron chi connectivity index (χ0n) is 12.2. The molecule has 20 heavy (non-hydrogen) atoms. The van der Waals surface area contributed by atoms with Gasteiger partial charge in [-0.15, -0.1) is 0 Å². The Bertz CT molecular complexity index is 543. The standard InChI is InChI=1S/C16H24O3S/c1-3-12-7-9-13(10-8-12)16(17)14-5-4-6-15(11-14)20(2,18)19/h4-6,11-13,16-17H,3,7-10H2,1-2H3. The number of hydrogen-bond donors (Lipinski definition) is 1. The second-order valence-electron chi connectivity index (χ2n) is 5.98. The van der Waals surface area contributed by atoms with Crippen molar-refractivity contribution in [1.29, 1.82) is 0 Å². The van der Waals surface area contributed by atoms with Gasteiger partial charge in [-0.1, -0.05) is 38.3 Å². The molecule has 1 fully saturated rings. The van der Waals surface area contributed by atoms with Crippen molar-refractivity contribution in [2.24, 2.45) is 11.8 Å². The van der Waals surface area contributed by atoms with Gasteiger partial charge in [0.1, 0.15) is 0 Å². The first-order valence-corrected chi connectivity index (χ1v) is 9.29. The van der Waals surface area contributed by atoms with E-state index in [1.807, 2.05) is 6.07 Å². The van der Waals surface area contributed by atoms with Crippen molar-refractivity contribution in [1.82, 2.24) is 0 Å². The number of aliphatic hydroxyl groups excluding tert-OH is 1. The Morgan fingerprint density at radius 3 is 2.45 bits per heavy atom. The lowest BCUT2D eigenvalue weighted by Gasteiger charge is -2.31. The van der Waals surface area contributed by atoms with Crippen LogP contribution in [-0.4, -0.2) is 19.8 Å². The Morgan fingerprint density at radius 2 is 1.90 bits per heavy atom. The molecule has 0 spiro atoms. The molecule has 1 N–H and O–H groups in total. The zero-order chi connectivity index (χ0) is 14.8. The summed E-state index contributed by atoms with van der Waals surface area (Å²) in [5.74, 6) is 1.05. The number of aliphatic hydroxyl groups is 1. The molecule has 1 aromatic carbocycles. The first-order chi connectivity index (χ1) is 9.41. The first kappa shape index (κ1) is 15.5. The van der Waals surface area contributed by atoms with E-state index in [2.05, 4.69) is 6.92 Å². The minimum absolute atomic E-state index is 0.257. The van der Waals surface area contributed by atoms with Crippen LogP contribution in [0.3, 0.4) is 0 Å². The molecule has 1 saturated carbocycles. The van der Waals surface area contributed by atoms with E-state index in [1.165, 1.54) is 25.5 Å². The van der Waals surface area contributed by atoms with Gasteiger partial charge in [0.05, 0.1) is 11.0 Å². The molecular weight excluding hydrogens is 272 g/mol. The van der Waals surface area contributed by atoms with Gasteiger partial charge in [-0.05, 0) is 42.4 Å². The van der Waals surface area contributed by atoms with Gasteiger partial charge in [0, 0.05) is 6.26 Å². The van der Waals surface area contributed by atoms with Crippen molar-refractivity contribution in [2.75, 3.05) is 6.26 Å². The largest absolute Gasteiger partial charge is 0.388 e. The van der Waals surface area contributed by atoms with E-state index >= 15 is 0 Å². The summed E-state index contributed by atoms with van der Waals surface area (Å²) in [6.45, 7) is 2.22. The zero-order valence-corrected chi connectivity index (χ0v) is 13.1. The van der Waals surface area contributed by atoms with Crippen molar-refractivity contribution in [2.45, 2.75) is 50.0 Å². The van der Waals surface area contributed by atoms with Gasteiger partial charge < -0.3 is 5.11 Å². The summed E-state index contributed by atoms with van der Waals surface area (Å²) in [4.78, 5) is 0.288. The molecule has 3 nitrogen and oxygen atoms in total. The van der Waals surface area contributed by atoms with Crippen LogP contribution in [0.2, 0.25) is 0 Å². The van der Waals surface area contributed by atoms with Crippen LogP contribution >= 0.6 is 0 Å². The highest BCUT2D eigenvalue weighted by Crippen LogP contribution is 2.38. The van der Waals surface area contributed by atoms with Crippen molar-refractivity contribution in [3.05, 3.63) is 29.8 Å². The lowest BCUT2D eigenvalue weighted by atomic mass is 9.77. The summed E-state index contributed by atoms with van der Waals surface area (Å²) >= 11 is 0. The van der Waals surface area contributed by atoms with Gasteiger partial charge >= 0.3 is 0 Å². The second-order valence-corrected chi connectivity index (χ2v) is 7.99. The lowest BCUT2D eigenvalue weighted by Crippen LogP contribution is -2.20. The number of benzene rings is 1. The minimum atomic E-state index is -3.21. The Labute approximate surface area is 121 Å². The number of hydrogen-bond acceptors (Lipinski definition) is 3. The lowest BCUT2D eigenvalue weighted by molar-refractivity contribution is 0.0728. The second kappa shape index (κ2) is 6.27. The van der Waals surface area contributed by atoms with E-state index in [1.54, 1.807) is 18.2 Å². The maximum Gasteiger partial charge on any atom is 0.175 e. The Balaban J connectivity index is 2.12. The molecule has 0 aliphatic heterocycles. The van der Waals surface area contributed by atoms with Gasteiger partial charge in [-0.25, -0.2) is 8.42 Å². The fourth-order valence-electron chi connectivity index (χ4n) is 3.11. The Hall–Kier alpha value is -0.870. The average Bonchev–Trinajstić information content (AvgIpc) is 2.46. The van der Waals surface area contributed by atoms with Gasteiger partial charge in [0.15, 0.2) is 9.84 Å². The third-order valence-corrected chi connectivity index (χ3v) is 5.65. The van der Waals surface area contributed by atoms with E-state index in [-0.39, 0.29) is 10.8 Å². The van der Waals surface area contributed by atoms with E-state index in [4.69, 9.17) is 0 Å². The summed E-state index contributed by atoms with van der Waals surface area (Å²) in [7, 11) is -3.21. The highest BCUT2D eigenvalue weighted by molar-refractivity contribution is 7.90. The predicted octanol–water partition coefficient (Wildman–Crippen LogP) is 3.34. The monoisotopic (exact) mass is 296 g/mol. The van der Waals surface area contributed by atoms with Crippen molar-refractivity contribution >= 4 is 9.84 Å². The molecule has 0 bridgehead atoms. The van der Waals surface area contributed by atoms with E-state index in [0.29, 0.717) is 0 Å². The minimum Gasteiger partial charge on any atom is -0.388 e. The smallest absolute Gasteiger partial charge is 0.175 e. The Morgan fingerprint density at radius 1 is 1.25 bits per heavy atom. The summed E-state index contributed by atoms with van der Waals surface area (Å²) in [6, 6.07) is 6.74. The molecule has 0 heterocycles. The van der Waals surface area contributed by atoms with Gasteiger partial charge in [-0.2, -0.15) is 0 Å². The molecule has 112 valence electrons. The van der Waals surface area contributed by atoms with E-state index < -0.39 is 15.9 Å². The van der Waals surface area contributed by atoms with Crippen molar-refractivity contribution in [3.8, 4) is 0 Å². The summed E-state index contributed by atoms with van der Waals surface area (Å²) in [5, 5.41) is 10.5. The summed E-state index contributed by atoms with van der Waals surface area (Å²) in [5.41, 5.74) is 0.730. The van der Waals surface area contributed by atoms with Crippen LogP contribution in [0.4, 0.5) is 0 Å². The van der Waals surface area contributed by atoms with Crippen LogP contribution in [-0.2, 0) is 9.84 Å². The molecule has 0 saturated heterocycles. The van der Waals surface area contributed by atoms with Crippen LogP contribution in [0.5, 0.6) is 0 Å². The van der Waals surface area contributed by atoms with Crippen molar-refractivity contribution in [3.63, 3.8) is 0 Å². The maximum atomic E-state index is 11.6. The molecule has 1 unspecified atom stereocenters. The predicted molar refractivity (Wildman–Crippen MR) is 80.3 cm³/mol. The fourth-order valence-corrected chi connectivity index (χ4v) is 3.79. The molecule has 1 aliphatic carbocycles. The molecule has 0 radical (unpaired) electrons. The summed E-state index contributed by atoms with van der Waals surface area (Å²) in [6.07, 6.45) is 6.27. The maximum absolute atomic E-state index is 11.6. The first-order valence-electron chi connectivity index (χ1n) is 7.40. The molecule has 1 aromatic rings. The molecule has 1 aliphatic rings. The van der Waals surface area contributed by atoms with Crippen molar-refractivity contribution < 1.29 is 13.5 Å². The third kappa shape index (κ3) is 3.61. The highest BCUT2D eigenvalue weighted by Gasteiger charge is 2.27. The fraction of sp³-hybridized carbons (Fsp3) is 0.625. The molecule has 0 aromatic heterocycles. The summed E-state index contributed by atoms with van der Waals surface area (Å²) < 4.78 is 23.2. The normalized spacial score (nSPS) is 25.4. The van der Waals surface area contributed by atoms with Gasteiger partial charge in [0.25, 0.3) is 0 Å². The van der Waals surface area contributed by atoms with Crippen LogP contribution in [0.15, 0.2) is 29.2 Å². The molecule has 2 rings (SSSR count). The molecular formula is C16H24O3S. The molecule has 4 heteroatoms. The number of sulfone groups is 1. The topological polar surface area (TPSA) is 54.4 Å². The average molecular weight is 296 g/mol. The van der Waals surface area contributed by atoms with Crippen LogP contribution in [0, 0.1) is 11.8 Å². The van der Waals surface area contributed by atoms with Crippen LogP contribution in [0.1, 0.15) is 50.7 Å². The van der Waals surface area contributed by atoms with Crippen LogP contribution < -0.4 is 0 Å². The van der Waals surface area contributed by atoms with Gasteiger partial charge in [0.2, 0.25) is 0 Å². The van der Waals surface area contributed by atoms with Gasteiger partial charge in [-0.3, -0.25) is 0 Å². The number of rotatable bonds is 4. The Kier molecular flexibility index (Phi) is 4.86.